The van der Waals surface area contributed by atoms with Gasteiger partial charge in [0.15, 0.2) is 0 Å². The molecule has 0 saturated carbocycles. The molecule has 0 aliphatic carbocycles. The van der Waals surface area contributed by atoms with Gasteiger partial charge in [0.05, 0.1) is 12.1 Å². The summed E-state index contributed by atoms with van der Waals surface area (Å²) in [5.74, 6) is -0.190. The Bertz CT molecular complexity index is 796. The van der Waals surface area contributed by atoms with Gasteiger partial charge >= 0.3 is 6.09 Å². The molecule has 7 nitrogen and oxygen atoms in total. The lowest BCUT2D eigenvalue weighted by Crippen LogP contribution is -2.60. The van der Waals surface area contributed by atoms with Crippen LogP contribution in [0.3, 0.4) is 0 Å². The number of likely N-dealkylation sites (tertiary alicyclic amines) is 1. The average Bonchev–Trinajstić information content (AvgIpc) is 3.01. The van der Waals surface area contributed by atoms with E-state index in [0.29, 0.717) is 32.5 Å². The van der Waals surface area contributed by atoms with Crippen molar-refractivity contribution in [3.63, 3.8) is 0 Å². The minimum absolute atomic E-state index is 0.190. The van der Waals surface area contributed by atoms with E-state index in [4.69, 9.17) is 10.5 Å². The van der Waals surface area contributed by atoms with Crippen LogP contribution in [-0.2, 0) is 16.1 Å². The van der Waals surface area contributed by atoms with Crippen LogP contribution in [0.1, 0.15) is 39.3 Å². The summed E-state index contributed by atoms with van der Waals surface area (Å²) in [4.78, 5) is 29.7. The largest absolute Gasteiger partial charge is 0.444 e. The molecule has 0 bridgehead atoms. The van der Waals surface area contributed by atoms with Gasteiger partial charge in [-0.15, -0.1) is 0 Å². The molecule has 1 aromatic carbocycles. The number of rotatable bonds is 3. The molecule has 2 aromatic rings. The number of H-pyrrole nitrogens is 1. The molecule has 1 saturated heterocycles. The fraction of sp³-hybridized carbons (Fsp3) is 0.500. The van der Waals surface area contributed by atoms with Gasteiger partial charge in [0.2, 0.25) is 5.91 Å². The number of aromatic amines is 1. The van der Waals surface area contributed by atoms with E-state index in [2.05, 4.69) is 10.3 Å². The van der Waals surface area contributed by atoms with E-state index in [0.717, 1.165) is 16.6 Å². The normalized spacial score (nSPS) is 17.0. The van der Waals surface area contributed by atoms with Gasteiger partial charge in [0.25, 0.3) is 0 Å². The molecule has 0 unspecified atom stereocenters. The molecule has 0 atom stereocenters. The van der Waals surface area contributed by atoms with Crippen LogP contribution in [0.4, 0.5) is 4.79 Å². The lowest BCUT2D eigenvalue weighted by molar-refractivity contribution is -0.128. The van der Waals surface area contributed by atoms with Gasteiger partial charge in [-0.3, -0.25) is 4.79 Å². The molecule has 0 radical (unpaired) electrons. The summed E-state index contributed by atoms with van der Waals surface area (Å²) in [5.41, 5.74) is 6.79. The zero-order chi connectivity index (χ0) is 19.7. The number of amides is 2. The molecule has 146 valence electrons. The smallest absolute Gasteiger partial charge is 0.410 e. The van der Waals surface area contributed by atoms with Crippen LogP contribution in [-0.4, -0.2) is 46.1 Å². The van der Waals surface area contributed by atoms with E-state index in [1.807, 2.05) is 51.1 Å². The van der Waals surface area contributed by atoms with Crippen molar-refractivity contribution in [3.05, 3.63) is 36.0 Å². The van der Waals surface area contributed by atoms with E-state index in [1.54, 1.807) is 4.90 Å². The van der Waals surface area contributed by atoms with Crippen molar-refractivity contribution in [2.75, 3.05) is 13.1 Å². The number of aromatic nitrogens is 1. The van der Waals surface area contributed by atoms with E-state index < -0.39 is 11.1 Å². The number of benzene rings is 1. The third kappa shape index (κ3) is 4.60. The standard InChI is InChI=1S/C20H28N4O3/c1-19(2,3)27-18(26)24-10-8-20(21,9-11-24)17(25)22-13-15-12-14-6-4-5-7-16(14)23-15/h4-7,12,23H,8-11,13,21H2,1-3H3,(H,22,25). The second-order valence-corrected chi connectivity index (χ2v) is 8.19. The first-order valence-corrected chi connectivity index (χ1v) is 9.28. The van der Waals surface area contributed by atoms with E-state index in [1.165, 1.54) is 0 Å². The molecule has 2 heterocycles. The SMILES string of the molecule is CC(C)(C)OC(=O)N1CCC(N)(C(=O)NCc2cc3ccccc3[nH]2)CC1. The van der Waals surface area contributed by atoms with Gasteiger partial charge in [-0.1, -0.05) is 18.2 Å². The third-order valence-electron chi connectivity index (χ3n) is 4.78. The number of ether oxygens (including phenoxy) is 1. The zero-order valence-corrected chi connectivity index (χ0v) is 16.2. The molecule has 7 heteroatoms. The van der Waals surface area contributed by atoms with E-state index in [-0.39, 0.29) is 12.0 Å². The first-order chi connectivity index (χ1) is 12.7. The summed E-state index contributed by atoms with van der Waals surface area (Å²) in [6.45, 7) is 6.71. The molecule has 1 aliphatic heterocycles. The Kier molecular flexibility index (Phi) is 5.15. The highest BCUT2D eigenvalue weighted by molar-refractivity contribution is 5.87. The predicted molar refractivity (Wildman–Crippen MR) is 104 cm³/mol. The summed E-state index contributed by atoms with van der Waals surface area (Å²) in [6, 6.07) is 9.98. The molecule has 2 amide bonds. The fourth-order valence-corrected chi connectivity index (χ4v) is 3.22. The highest BCUT2D eigenvalue weighted by Gasteiger charge is 2.39. The van der Waals surface area contributed by atoms with E-state index in [9.17, 15) is 9.59 Å². The predicted octanol–water partition coefficient (Wildman–Crippen LogP) is 2.51. The number of carbonyl (C=O) groups is 2. The van der Waals surface area contributed by atoms with Crippen molar-refractivity contribution >= 4 is 22.9 Å². The van der Waals surface area contributed by atoms with Gasteiger partial charge in [0.1, 0.15) is 5.60 Å². The van der Waals surface area contributed by atoms with Crippen LogP contribution in [0, 0.1) is 0 Å². The molecular weight excluding hydrogens is 344 g/mol. The van der Waals surface area contributed by atoms with Crippen LogP contribution in [0.5, 0.6) is 0 Å². The van der Waals surface area contributed by atoms with Crippen molar-refractivity contribution in [2.45, 2.75) is 51.3 Å². The average molecular weight is 372 g/mol. The Labute approximate surface area is 159 Å². The molecule has 4 N–H and O–H groups in total. The van der Waals surface area contributed by atoms with Crippen molar-refractivity contribution in [3.8, 4) is 0 Å². The summed E-state index contributed by atoms with van der Waals surface area (Å²) >= 11 is 0. The zero-order valence-electron chi connectivity index (χ0n) is 16.2. The molecule has 1 aliphatic rings. The van der Waals surface area contributed by atoms with Crippen LogP contribution >= 0.6 is 0 Å². The second-order valence-electron chi connectivity index (χ2n) is 8.19. The number of hydrogen-bond acceptors (Lipinski definition) is 4. The second kappa shape index (κ2) is 7.23. The summed E-state index contributed by atoms with van der Waals surface area (Å²) < 4.78 is 5.38. The summed E-state index contributed by atoms with van der Waals surface area (Å²) in [6.07, 6.45) is 0.457. The maximum atomic E-state index is 12.6. The fourth-order valence-electron chi connectivity index (χ4n) is 3.22. The number of nitrogens with two attached hydrogens (primary N) is 1. The van der Waals surface area contributed by atoms with Crippen LogP contribution in [0.2, 0.25) is 0 Å². The van der Waals surface area contributed by atoms with Crippen molar-refractivity contribution < 1.29 is 14.3 Å². The number of piperidine rings is 1. The lowest BCUT2D eigenvalue weighted by Gasteiger charge is -2.38. The van der Waals surface area contributed by atoms with Gasteiger partial charge < -0.3 is 25.7 Å². The molecule has 0 spiro atoms. The van der Waals surface area contributed by atoms with Crippen molar-refractivity contribution in [2.24, 2.45) is 5.73 Å². The minimum atomic E-state index is -0.968. The maximum Gasteiger partial charge on any atom is 0.410 e. The van der Waals surface area contributed by atoms with Gasteiger partial charge in [-0.25, -0.2) is 4.79 Å². The number of fused-ring (bicyclic) bond motifs is 1. The van der Waals surface area contributed by atoms with Gasteiger partial charge in [-0.2, -0.15) is 0 Å². The summed E-state index contributed by atoms with van der Waals surface area (Å²) in [5, 5.41) is 4.03. The van der Waals surface area contributed by atoms with Crippen molar-refractivity contribution in [1.29, 1.82) is 0 Å². The Morgan fingerprint density at radius 1 is 1.26 bits per heavy atom. The molecule has 3 rings (SSSR count). The number of nitrogens with zero attached hydrogens (tertiary/aromatic N) is 1. The number of hydrogen-bond donors (Lipinski definition) is 3. The number of para-hydroxylation sites is 1. The quantitative estimate of drug-likeness (QED) is 0.771. The highest BCUT2D eigenvalue weighted by atomic mass is 16.6. The van der Waals surface area contributed by atoms with Gasteiger partial charge in [0, 0.05) is 24.3 Å². The number of carbonyl (C=O) groups excluding carboxylic acids is 2. The Hall–Kier alpha value is -2.54. The summed E-state index contributed by atoms with van der Waals surface area (Å²) in [7, 11) is 0. The minimum Gasteiger partial charge on any atom is -0.444 e. The van der Waals surface area contributed by atoms with Crippen LogP contribution in [0.15, 0.2) is 30.3 Å². The Morgan fingerprint density at radius 3 is 2.56 bits per heavy atom. The Morgan fingerprint density at radius 2 is 1.93 bits per heavy atom. The van der Waals surface area contributed by atoms with Crippen LogP contribution < -0.4 is 11.1 Å². The third-order valence-corrected chi connectivity index (χ3v) is 4.78. The maximum absolute atomic E-state index is 12.6. The first kappa shape index (κ1) is 19.2. The molecule has 1 aromatic heterocycles. The Balaban J connectivity index is 1.53. The van der Waals surface area contributed by atoms with E-state index >= 15 is 0 Å². The molecular formula is C20H28N4O3. The molecule has 1 fully saturated rings. The first-order valence-electron chi connectivity index (χ1n) is 9.28. The number of nitrogens with one attached hydrogen (secondary N) is 2. The monoisotopic (exact) mass is 372 g/mol. The van der Waals surface area contributed by atoms with Crippen molar-refractivity contribution in [1.82, 2.24) is 15.2 Å². The lowest BCUT2D eigenvalue weighted by atomic mass is 9.88. The van der Waals surface area contributed by atoms with Gasteiger partial charge in [-0.05, 0) is 51.1 Å². The highest BCUT2D eigenvalue weighted by Crippen LogP contribution is 2.22. The van der Waals surface area contributed by atoms with Crippen LogP contribution in [0.25, 0.3) is 10.9 Å². The topological polar surface area (TPSA) is 100 Å². The molecule has 27 heavy (non-hydrogen) atoms.